The van der Waals surface area contributed by atoms with E-state index in [0.29, 0.717) is 29.8 Å². The van der Waals surface area contributed by atoms with Crippen molar-refractivity contribution in [3.8, 4) is 6.07 Å². The molecule has 1 saturated heterocycles. The molecule has 212 valence electrons. The number of fused-ring (bicyclic) bond motifs is 3. The second kappa shape index (κ2) is 11.4. The minimum absolute atomic E-state index is 0.0837. The standard InChI is InChI=1S/C32H30N6O3S/c1-34-25-7-9-27(10-8-25)42(40,41)38-17-14-31-29(21-38)28-18-24(6-11-30(28)36-31)32(39)35-26-12-15-37(16-13-26)20-23-4-2-22(19-33)3-5-23/h2-11,18,26,36H,12-17,20-21H2,(H,35,39). The lowest BCUT2D eigenvalue weighted by Crippen LogP contribution is -2.44. The van der Waals surface area contributed by atoms with Gasteiger partial charge in [0, 0.05) is 67.3 Å². The number of likely N-dealkylation sites (tertiary alicyclic amines) is 1. The second-order valence-corrected chi connectivity index (χ2v) is 12.8. The Bertz CT molecular complexity index is 1820. The first kappa shape index (κ1) is 27.7. The Balaban J connectivity index is 1.11. The van der Waals surface area contributed by atoms with E-state index < -0.39 is 10.0 Å². The lowest BCUT2D eigenvalue weighted by molar-refractivity contribution is 0.0909. The SMILES string of the molecule is [C-]#[N+]c1ccc(S(=O)(=O)N2CCc3[nH]c4ccc(C(=O)NC5CCN(Cc6ccc(C#N)cc6)CC5)cc4c3C2)cc1. The molecule has 0 aliphatic carbocycles. The summed E-state index contributed by atoms with van der Waals surface area (Å²) >= 11 is 0. The molecule has 1 aromatic heterocycles. The van der Waals surface area contributed by atoms with E-state index in [-0.39, 0.29) is 23.4 Å². The van der Waals surface area contributed by atoms with Crippen LogP contribution in [0.1, 0.15) is 45.6 Å². The van der Waals surface area contributed by atoms with E-state index in [2.05, 4.69) is 26.1 Å². The number of piperidine rings is 1. The fourth-order valence-electron chi connectivity index (χ4n) is 5.82. The number of carbonyl (C=O) groups excluding carboxylic acids is 1. The Kier molecular flexibility index (Phi) is 7.53. The Morgan fingerprint density at radius 2 is 1.79 bits per heavy atom. The van der Waals surface area contributed by atoms with Crippen LogP contribution >= 0.6 is 0 Å². The van der Waals surface area contributed by atoms with Crippen LogP contribution in [0.4, 0.5) is 5.69 Å². The summed E-state index contributed by atoms with van der Waals surface area (Å²) in [5, 5.41) is 13.0. The molecular formula is C32H30N6O3S. The van der Waals surface area contributed by atoms with Gasteiger partial charge in [-0.05, 0) is 54.3 Å². The van der Waals surface area contributed by atoms with E-state index in [0.717, 1.165) is 54.6 Å². The first-order valence-corrected chi connectivity index (χ1v) is 15.4. The number of rotatable bonds is 6. The number of benzene rings is 3. The van der Waals surface area contributed by atoms with Gasteiger partial charge in [-0.15, -0.1) is 0 Å². The Morgan fingerprint density at radius 1 is 1.05 bits per heavy atom. The number of nitrogens with zero attached hydrogens (tertiary/aromatic N) is 4. The van der Waals surface area contributed by atoms with Crippen LogP contribution < -0.4 is 5.32 Å². The third kappa shape index (κ3) is 5.53. The zero-order valence-corrected chi connectivity index (χ0v) is 23.8. The monoisotopic (exact) mass is 578 g/mol. The van der Waals surface area contributed by atoms with Crippen LogP contribution in [0.2, 0.25) is 0 Å². The molecule has 0 spiro atoms. The van der Waals surface area contributed by atoms with Crippen molar-refractivity contribution in [3.05, 3.63) is 106 Å². The fraction of sp³-hybridized carbons (Fsp3) is 0.281. The predicted octanol–water partition coefficient (Wildman–Crippen LogP) is 4.73. The molecule has 0 unspecified atom stereocenters. The molecule has 1 amide bonds. The normalized spacial score (nSPS) is 16.4. The molecule has 0 saturated carbocycles. The summed E-state index contributed by atoms with van der Waals surface area (Å²) in [5.74, 6) is -0.127. The minimum Gasteiger partial charge on any atom is -0.358 e. The summed E-state index contributed by atoms with van der Waals surface area (Å²) in [7, 11) is -3.73. The number of H-pyrrole nitrogens is 1. The van der Waals surface area contributed by atoms with Crippen molar-refractivity contribution >= 4 is 32.5 Å². The zero-order chi connectivity index (χ0) is 29.3. The number of nitriles is 1. The van der Waals surface area contributed by atoms with Crippen molar-refractivity contribution in [1.29, 1.82) is 5.26 Å². The van der Waals surface area contributed by atoms with Crippen molar-refractivity contribution in [2.24, 2.45) is 0 Å². The molecule has 0 atom stereocenters. The summed E-state index contributed by atoms with van der Waals surface area (Å²) in [4.78, 5) is 22.5. The molecule has 1 fully saturated rings. The van der Waals surface area contributed by atoms with Gasteiger partial charge in [0.1, 0.15) is 0 Å². The van der Waals surface area contributed by atoms with Gasteiger partial charge in [0.15, 0.2) is 5.69 Å². The Hall–Kier alpha value is -4.48. The number of hydrogen-bond donors (Lipinski definition) is 2. The third-order valence-corrected chi connectivity index (χ3v) is 10.1. The highest BCUT2D eigenvalue weighted by Crippen LogP contribution is 2.32. The molecule has 4 aromatic rings. The van der Waals surface area contributed by atoms with Crippen molar-refractivity contribution in [3.63, 3.8) is 0 Å². The highest BCUT2D eigenvalue weighted by molar-refractivity contribution is 7.89. The summed E-state index contributed by atoms with van der Waals surface area (Å²) in [6, 6.07) is 21.5. The number of nitrogens with one attached hydrogen (secondary N) is 2. The van der Waals surface area contributed by atoms with Crippen LogP contribution in [-0.4, -0.2) is 54.2 Å². The van der Waals surface area contributed by atoms with Crippen molar-refractivity contribution < 1.29 is 13.2 Å². The van der Waals surface area contributed by atoms with Crippen LogP contribution in [0.3, 0.4) is 0 Å². The number of carbonyl (C=O) groups is 1. The smallest absolute Gasteiger partial charge is 0.251 e. The maximum atomic E-state index is 13.4. The van der Waals surface area contributed by atoms with Gasteiger partial charge >= 0.3 is 0 Å². The van der Waals surface area contributed by atoms with E-state index in [1.165, 1.54) is 34.1 Å². The number of aromatic amines is 1. The molecule has 0 radical (unpaired) electrons. The first-order chi connectivity index (χ1) is 20.3. The van der Waals surface area contributed by atoms with E-state index in [4.69, 9.17) is 11.8 Å². The molecule has 42 heavy (non-hydrogen) atoms. The van der Waals surface area contributed by atoms with Crippen LogP contribution in [0.5, 0.6) is 0 Å². The molecule has 2 aliphatic heterocycles. The van der Waals surface area contributed by atoms with E-state index >= 15 is 0 Å². The minimum atomic E-state index is -3.73. The molecule has 2 aliphatic rings. The van der Waals surface area contributed by atoms with Crippen LogP contribution in [0, 0.1) is 17.9 Å². The van der Waals surface area contributed by atoms with E-state index in [9.17, 15) is 13.2 Å². The van der Waals surface area contributed by atoms with Crippen LogP contribution in [0.15, 0.2) is 71.6 Å². The molecular weight excluding hydrogens is 548 g/mol. The quantitative estimate of drug-likeness (QED) is 0.321. The second-order valence-electron chi connectivity index (χ2n) is 10.9. The van der Waals surface area contributed by atoms with Crippen LogP contribution in [-0.2, 0) is 29.5 Å². The molecule has 9 nitrogen and oxygen atoms in total. The van der Waals surface area contributed by atoms with Crippen molar-refractivity contribution in [2.75, 3.05) is 19.6 Å². The number of amides is 1. The Labute approximate surface area is 245 Å². The average molecular weight is 579 g/mol. The van der Waals surface area contributed by atoms with Gasteiger partial charge in [-0.1, -0.05) is 36.4 Å². The number of sulfonamides is 1. The first-order valence-electron chi connectivity index (χ1n) is 14.0. The van der Waals surface area contributed by atoms with Gasteiger partial charge in [0.05, 0.1) is 23.1 Å². The summed E-state index contributed by atoms with van der Waals surface area (Å²) in [6.45, 7) is 10.2. The molecule has 3 aromatic carbocycles. The summed E-state index contributed by atoms with van der Waals surface area (Å²) < 4.78 is 28.2. The molecule has 10 heteroatoms. The van der Waals surface area contributed by atoms with Gasteiger partial charge in [0.25, 0.3) is 5.91 Å². The summed E-state index contributed by atoms with van der Waals surface area (Å²) in [5.41, 5.74) is 5.54. The third-order valence-electron chi connectivity index (χ3n) is 8.22. The van der Waals surface area contributed by atoms with Crippen LogP contribution in [0.25, 0.3) is 15.7 Å². The maximum absolute atomic E-state index is 13.4. The van der Waals surface area contributed by atoms with Crippen molar-refractivity contribution in [2.45, 2.75) is 43.3 Å². The zero-order valence-electron chi connectivity index (χ0n) is 23.0. The van der Waals surface area contributed by atoms with Gasteiger partial charge in [0.2, 0.25) is 10.0 Å². The van der Waals surface area contributed by atoms with Gasteiger partial charge in [-0.25, -0.2) is 13.3 Å². The van der Waals surface area contributed by atoms with E-state index in [1.807, 2.05) is 42.5 Å². The lowest BCUT2D eigenvalue weighted by atomic mass is 10.0. The molecule has 3 heterocycles. The van der Waals surface area contributed by atoms with Gasteiger partial charge < -0.3 is 10.3 Å². The van der Waals surface area contributed by atoms with Gasteiger partial charge in [-0.2, -0.15) is 9.57 Å². The Morgan fingerprint density at radius 3 is 2.48 bits per heavy atom. The predicted molar refractivity (Wildman–Crippen MR) is 159 cm³/mol. The highest BCUT2D eigenvalue weighted by atomic mass is 32.2. The largest absolute Gasteiger partial charge is 0.358 e. The average Bonchev–Trinajstić information content (AvgIpc) is 3.39. The number of hydrogen-bond acceptors (Lipinski definition) is 5. The lowest BCUT2D eigenvalue weighted by Gasteiger charge is -2.32. The van der Waals surface area contributed by atoms with Gasteiger partial charge in [-0.3, -0.25) is 9.69 Å². The van der Waals surface area contributed by atoms with E-state index in [1.54, 1.807) is 0 Å². The molecule has 0 bridgehead atoms. The fourth-order valence-corrected chi connectivity index (χ4v) is 7.23. The maximum Gasteiger partial charge on any atom is 0.251 e. The topological polar surface area (TPSA) is 114 Å². The van der Waals surface area contributed by atoms with Crippen molar-refractivity contribution in [1.82, 2.24) is 19.5 Å². The number of aromatic nitrogens is 1. The molecule has 2 N–H and O–H groups in total. The summed E-state index contributed by atoms with van der Waals surface area (Å²) in [6.07, 6.45) is 2.26. The molecule has 6 rings (SSSR count). The highest BCUT2D eigenvalue weighted by Gasteiger charge is 2.30.